The van der Waals surface area contributed by atoms with Crippen LogP contribution in [0.3, 0.4) is 0 Å². The van der Waals surface area contributed by atoms with Crippen molar-refractivity contribution in [2.45, 2.75) is 13.3 Å². The summed E-state index contributed by atoms with van der Waals surface area (Å²) >= 11 is 1.21. The molecule has 188 valence electrons. The first kappa shape index (κ1) is 26.4. The number of anilines is 1. The van der Waals surface area contributed by atoms with E-state index >= 15 is 0 Å². The molecule has 12 heteroatoms. The van der Waals surface area contributed by atoms with E-state index in [4.69, 9.17) is 0 Å². The summed E-state index contributed by atoms with van der Waals surface area (Å²) in [4.78, 5) is 36.5. The first-order valence-corrected chi connectivity index (χ1v) is 11.9. The summed E-state index contributed by atoms with van der Waals surface area (Å²) in [5.74, 6) is -0.0299. The van der Waals surface area contributed by atoms with E-state index in [-0.39, 0.29) is 36.4 Å². The SMILES string of the molecule is C=CN=C(C(=O)N1CC(=O)C1)N(C)N/C(CC)=C(\NC)N(C)c1nc(-c2ccc(F)cc2)c(C#N)s1. The summed E-state index contributed by atoms with van der Waals surface area (Å²) in [7, 11) is 5.19. The van der Waals surface area contributed by atoms with Crippen LogP contribution >= 0.6 is 11.3 Å². The van der Waals surface area contributed by atoms with Gasteiger partial charge in [-0.1, -0.05) is 24.8 Å². The number of ketones is 1. The predicted molar refractivity (Wildman–Crippen MR) is 137 cm³/mol. The molecule has 1 saturated heterocycles. The molecule has 0 radical (unpaired) electrons. The topological polar surface area (TPSA) is 117 Å². The van der Waals surface area contributed by atoms with Crippen molar-refractivity contribution in [3.05, 3.63) is 59.3 Å². The van der Waals surface area contributed by atoms with Gasteiger partial charge in [0.05, 0.1) is 18.8 Å². The number of nitrogens with one attached hydrogen (secondary N) is 2. The number of aromatic nitrogens is 1. The van der Waals surface area contributed by atoms with E-state index in [0.29, 0.717) is 39.2 Å². The van der Waals surface area contributed by atoms with E-state index in [1.807, 2.05) is 6.92 Å². The van der Waals surface area contributed by atoms with Crippen molar-refractivity contribution < 1.29 is 14.0 Å². The van der Waals surface area contributed by atoms with Gasteiger partial charge in [-0.3, -0.25) is 20.0 Å². The van der Waals surface area contributed by atoms with Gasteiger partial charge in [0.1, 0.15) is 28.3 Å². The number of aliphatic imine (C=N–C) groups is 1. The summed E-state index contributed by atoms with van der Waals surface area (Å²) in [6, 6.07) is 7.99. The fraction of sp³-hybridized carbons (Fsp3) is 0.292. The van der Waals surface area contributed by atoms with E-state index in [1.165, 1.54) is 39.6 Å². The van der Waals surface area contributed by atoms with Crippen LogP contribution in [0.15, 0.2) is 53.6 Å². The highest BCUT2D eigenvalue weighted by Crippen LogP contribution is 2.33. The molecule has 0 atom stereocenters. The monoisotopic (exact) mass is 510 g/mol. The third-order valence-electron chi connectivity index (χ3n) is 5.38. The Morgan fingerprint density at radius 2 is 2.03 bits per heavy atom. The van der Waals surface area contributed by atoms with Gasteiger partial charge in [0.25, 0.3) is 5.91 Å². The summed E-state index contributed by atoms with van der Waals surface area (Å²) in [6.45, 7) is 5.64. The molecule has 10 nitrogen and oxygen atoms in total. The highest BCUT2D eigenvalue weighted by atomic mass is 32.1. The summed E-state index contributed by atoms with van der Waals surface area (Å²) in [5.41, 5.74) is 5.01. The maximum absolute atomic E-state index is 13.4. The van der Waals surface area contributed by atoms with Crippen molar-refractivity contribution >= 4 is 34.0 Å². The largest absolute Gasteiger partial charge is 0.373 e. The number of likely N-dealkylation sites (tertiary alicyclic amines) is 1. The highest BCUT2D eigenvalue weighted by Gasteiger charge is 2.33. The smallest absolute Gasteiger partial charge is 0.292 e. The van der Waals surface area contributed by atoms with Crippen molar-refractivity contribution in [3.63, 3.8) is 0 Å². The van der Waals surface area contributed by atoms with Crippen LogP contribution in [-0.4, -0.2) is 66.7 Å². The normalized spacial score (nSPS) is 13.8. The lowest BCUT2D eigenvalue weighted by Crippen LogP contribution is -2.57. The molecule has 3 rings (SSSR count). The Morgan fingerprint density at radius 3 is 2.56 bits per heavy atom. The van der Waals surface area contributed by atoms with Crippen molar-refractivity contribution in [1.82, 2.24) is 25.6 Å². The summed E-state index contributed by atoms with van der Waals surface area (Å²) in [5, 5.41) is 14.8. The molecule has 2 N–H and O–H groups in total. The lowest BCUT2D eigenvalue weighted by molar-refractivity contribution is -0.141. The highest BCUT2D eigenvalue weighted by molar-refractivity contribution is 7.16. The van der Waals surface area contributed by atoms with Crippen molar-refractivity contribution in [1.29, 1.82) is 5.26 Å². The fourth-order valence-corrected chi connectivity index (χ4v) is 4.39. The van der Waals surface area contributed by atoms with Gasteiger partial charge in [0, 0.05) is 32.9 Å². The molecule has 1 aromatic heterocycles. The van der Waals surface area contributed by atoms with Crippen LogP contribution in [-0.2, 0) is 9.59 Å². The first-order chi connectivity index (χ1) is 17.2. The number of halogens is 1. The standard InChI is InChI=1S/C24H27FN8O2S/c1-6-18(30-32(5)22(28-7-2)23(35)33-13-17(34)14-33)21(27-3)31(4)24-29-20(19(12-26)36-24)15-8-10-16(25)11-9-15/h7-11,27,30H,2,6,13-14H2,1,3-5H3/b21-18+,28-22?. The molecule has 1 fully saturated rings. The Morgan fingerprint density at radius 1 is 1.36 bits per heavy atom. The van der Waals surface area contributed by atoms with Crippen molar-refractivity contribution in [2.75, 3.05) is 39.1 Å². The van der Waals surface area contributed by atoms with Gasteiger partial charge in [0.2, 0.25) is 5.84 Å². The Kier molecular flexibility index (Phi) is 8.39. The number of likely N-dealkylation sites (N-methyl/N-ethyl adjacent to an activating group) is 1. The van der Waals surface area contributed by atoms with Crippen LogP contribution in [0.4, 0.5) is 9.52 Å². The molecule has 0 spiro atoms. The lowest BCUT2D eigenvalue weighted by atomic mass is 10.1. The minimum Gasteiger partial charge on any atom is -0.373 e. The number of thiazole rings is 1. The molecule has 1 aliphatic heterocycles. The summed E-state index contributed by atoms with van der Waals surface area (Å²) < 4.78 is 13.4. The molecular weight excluding hydrogens is 483 g/mol. The zero-order chi connectivity index (χ0) is 26.4. The minimum absolute atomic E-state index is 0.00894. The van der Waals surface area contributed by atoms with E-state index in [2.05, 4.69) is 33.4 Å². The van der Waals surface area contributed by atoms with Crippen LogP contribution in [0.5, 0.6) is 0 Å². The maximum atomic E-state index is 13.4. The van der Waals surface area contributed by atoms with Crippen molar-refractivity contribution in [3.8, 4) is 17.3 Å². The molecule has 0 unspecified atom stereocenters. The average molecular weight is 511 g/mol. The third kappa shape index (κ3) is 5.52. The second kappa shape index (κ2) is 11.5. The van der Waals surface area contributed by atoms with Gasteiger partial charge in [-0.05, 0) is 30.7 Å². The molecule has 36 heavy (non-hydrogen) atoms. The van der Waals surface area contributed by atoms with Gasteiger partial charge in [-0.25, -0.2) is 14.4 Å². The van der Waals surface area contributed by atoms with Crippen LogP contribution in [0.1, 0.15) is 18.2 Å². The molecule has 1 aromatic carbocycles. The number of allylic oxidation sites excluding steroid dienone is 1. The van der Waals surface area contributed by atoms with Gasteiger partial charge in [-0.2, -0.15) is 5.26 Å². The maximum Gasteiger partial charge on any atom is 0.292 e. The number of hydrogen-bond donors (Lipinski definition) is 2. The molecule has 2 heterocycles. The van der Waals surface area contributed by atoms with Crippen LogP contribution in [0.25, 0.3) is 11.3 Å². The average Bonchev–Trinajstić information content (AvgIpc) is 3.29. The molecular formula is C24H27FN8O2S. The minimum atomic E-state index is -0.387. The van der Waals surface area contributed by atoms with Crippen LogP contribution < -0.4 is 15.6 Å². The van der Waals surface area contributed by atoms with Gasteiger partial charge < -0.3 is 15.1 Å². The van der Waals surface area contributed by atoms with Gasteiger partial charge in [0.15, 0.2) is 10.9 Å². The number of carbonyl (C=O) groups excluding carboxylic acids is 2. The Bertz CT molecular complexity index is 1250. The third-order valence-corrected chi connectivity index (χ3v) is 6.42. The molecule has 0 bridgehead atoms. The number of nitriles is 1. The second-order valence-electron chi connectivity index (χ2n) is 7.79. The second-order valence-corrected chi connectivity index (χ2v) is 8.77. The molecule has 1 aliphatic rings. The number of nitrogens with zero attached hydrogens (tertiary/aromatic N) is 6. The van der Waals surface area contributed by atoms with E-state index in [1.54, 1.807) is 38.2 Å². The first-order valence-electron chi connectivity index (χ1n) is 11.1. The number of amidine groups is 1. The van der Waals surface area contributed by atoms with Gasteiger partial charge in [-0.15, -0.1) is 0 Å². The van der Waals surface area contributed by atoms with Crippen LogP contribution in [0.2, 0.25) is 0 Å². The van der Waals surface area contributed by atoms with E-state index < -0.39 is 0 Å². The zero-order valence-electron chi connectivity index (χ0n) is 20.5. The number of Topliss-reactive ketones (excluding diaryl/α,β-unsaturated/α-hetero) is 1. The Balaban J connectivity index is 1.90. The lowest BCUT2D eigenvalue weighted by Gasteiger charge is -2.33. The Labute approximate surface area is 213 Å². The predicted octanol–water partition coefficient (Wildman–Crippen LogP) is 2.45. The van der Waals surface area contributed by atoms with Crippen LogP contribution in [0, 0.1) is 17.1 Å². The van der Waals surface area contributed by atoms with E-state index in [9.17, 15) is 19.2 Å². The van der Waals surface area contributed by atoms with Gasteiger partial charge >= 0.3 is 0 Å². The fourth-order valence-electron chi connectivity index (χ4n) is 3.54. The number of benzene rings is 1. The number of amides is 1. The summed E-state index contributed by atoms with van der Waals surface area (Å²) in [6.07, 6.45) is 1.81. The number of rotatable bonds is 8. The van der Waals surface area contributed by atoms with E-state index in [0.717, 1.165) is 0 Å². The molecule has 2 aromatic rings. The van der Waals surface area contributed by atoms with Crippen molar-refractivity contribution in [2.24, 2.45) is 4.99 Å². The number of carbonyl (C=O) groups is 2. The quantitative estimate of drug-likeness (QED) is 0.316. The zero-order valence-corrected chi connectivity index (χ0v) is 21.3. The number of hydrazine groups is 1. The number of hydrogen-bond acceptors (Lipinski definition) is 9. The molecule has 1 amide bonds. The molecule has 0 saturated carbocycles. The Hall–Kier alpha value is -4.24. The molecule has 0 aliphatic carbocycles.